The number of sulfonamides is 1. The summed E-state index contributed by atoms with van der Waals surface area (Å²) in [4.78, 5) is 1.04. The molecule has 2 N–H and O–H groups in total. The van der Waals surface area contributed by atoms with Crippen molar-refractivity contribution in [1.29, 1.82) is 0 Å². The van der Waals surface area contributed by atoms with E-state index < -0.39 is 10.0 Å². The standard InChI is InChI=1S/C15H21N3O3S2/c1-3-13-4-5-14(22-13)23(20,21)17-15(10-6-12(19)7-10)11-8-16-18(2)9-11/h4-5,8-10,12,15,17,19H,3,6-7H2,1-2H3. The molecule has 1 aliphatic carbocycles. The second kappa shape index (κ2) is 6.35. The lowest BCUT2D eigenvalue weighted by atomic mass is 9.76. The third-order valence-electron chi connectivity index (χ3n) is 4.24. The number of hydrogen-bond acceptors (Lipinski definition) is 5. The monoisotopic (exact) mass is 355 g/mol. The van der Waals surface area contributed by atoms with E-state index in [0.717, 1.165) is 16.9 Å². The van der Waals surface area contributed by atoms with Crippen molar-refractivity contribution in [1.82, 2.24) is 14.5 Å². The smallest absolute Gasteiger partial charge is 0.250 e. The van der Waals surface area contributed by atoms with Crippen molar-refractivity contribution >= 4 is 21.4 Å². The van der Waals surface area contributed by atoms with Crippen LogP contribution in [0.2, 0.25) is 0 Å². The number of rotatable bonds is 6. The maximum absolute atomic E-state index is 12.7. The van der Waals surface area contributed by atoms with E-state index in [2.05, 4.69) is 9.82 Å². The molecule has 0 spiro atoms. The van der Waals surface area contributed by atoms with E-state index in [1.807, 2.05) is 19.2 Å². The van der Waals surface area contributed by atoms with Crippen LogP contribution in [0.5, 0.6) is 0 Å². The van der Waals surface area contributed by atoms with Gasteiger partial charge >= 0.3 is 0 Å². The van der Waals surface area contributed by atoms with E-state index in [1.54, 1.807) is 24.0 Å². The van der Waals surface area contributed by atoms with Crippen LogP contribution >= 0.6 is 11.3 Å². The van der Waals surface area contributed by atoms with Crippen molar-refractivity contribution in [3.05, 3.63) is 35.0 Å². The van der Waals surface area contributed by atoms with E-state index in [1.165, 1.54) is 11.3 Å². The number of aliphatic hydroxyl groups excluding tert-OH is 1. The molecule has 1 aliphatic rings. The molecule has 3 rings (SSSR count). The molecule has 1 saturated carbocycles. The Morgan fingerprint density at radius 1 is 1.48 bits per heavy atom. The molecule has 1 unspecified atom stereocenters. The molecule has 6 nitrogen and oxygen atoms in total. The van der Waals surface area contributed by atoms with Gasteiger partial charge < -0.3 is 5.11 Å². The Hall–Kier alpha value is -1.22. The molecule has 1 atom stereocenters. The highest BCUT2D eigenvalue weighted by Gasteiger charge is 2.38. The number of aliphatic hydroxyl groups is 1. The summed E-state index contributed by atoms with van der Waals surface area (Å²) in [6.45, 7) is 2.00. The van der Waals surface area contributed by atoms with E-state index in [4.69, 9.17) is 0 Å². The highest BCUT2D eigenvalue weighted by atomic mass is 32.2. The Bertz CT molecular complexity index is 775. The number of aromatic nitrogens is 2. The largest absolute Gasteiger partial charge is 0.393 e. The Morgan fingerprint density at radius 3 is 2.74 bits per heavy atom. The van der Waals surface area contributed by atoms with Gasteiger partial charge in [0.25, 0.3) is 10.0 Å². The second-order valence-corrected chi connectivity index (χ2v) is 9.12. The molecule has 2 aromatic rings. The summed E-state index contributed by atoms with van der Waals surface area (Å²) in [5.41, 5.74) is 0.834. The SMILES string of the molecule is CCc1ccc(S(=O)(=O)NC(c2cnn(C)c2)C2CC(O)C2)s1. The van der Waals surface area contributed by atoms with Gasteiger partial charge in [-0.3, -0.25) is 4.68 Å². The fourth-order valence-corrected chi connectivity index (χ4v) is 5.46. The molecule has 0 radical (unpaired) electrons. The van der Waals surface area contributed by atoms with Crippen LogP contribution in [0.25, 0.3) is 0 Å². The Balaban J connectivity index is 1.85. The molecule has 126 valence electrons. The molecule has 8 heteroatoms. The third-order valence-corrected chi connectivity index (χ3v) is 7.40. The van der Waals surface area contributed by atoms with E-state index >= 15 is 0 Å². The lowest BCUT2D eigenvalue weighted by Gasteiger charge is -2.37. The van der Waals surface area contributed by atoms with Crippen LogP contribution in [0.15, 0.2) is 28.7 Å². The normalized spacial score (nSPS) is 22.7. The molecule has 1 fully saturated rings. The maximum atomic E-state index is 12.7. The summed E-state index contributed by atoms with van der Waals surface area (Å²) in [5, 5.41) is 13.7. The lowest BCUT2D eigenvalue weighted by Crippen LogP contribution is -2.41. The van der Waals surface area contributed by atoms with Crippen LogP contribution < -0.4 is 4.72 Å². The summed E-state index contributed by atoms with van der Waals surface area (Å²) < 4.78 is 30.2. The molecule has 0 aliphatic heterocycles. The third kappa shape index (κ3) is 3.50. The zero-order valence-electron chi connectivity index (χ0n) is 13.1. The van der Waals surface area contributed by atoms with Gasteiger partial charge in [0, 0.05) is 23.7 Å². The van der Waals surface area contributed by atoms with Gasteiger partial charge in [-0.1, -0.05) is 6.92 Å². The molecule has 0 bridgehead atoms. The molecule has 0 aromatic carbocycles. The van der Waals surface area contributed by atoms with Gasteiger partial charge in [0.2, 0.25) is 0 Å². The molecule has 2 aromatic heterocycles. The van der Waals surface area contributed by atoms with Gasteiger partial charge in [0.15, 0.2) is 0 Å². The summed E-state index contributed by atoms with van der Waals surface area (Å²) in [7, 11) is -1.77. The number of aryl methyl sites for hydroxylation is 2. The van der Waals surface area contributed by atoms with Gasteiger partial charge in [0.1, 0.15) is 4.21 Å². The highest BCUT2D eigenvalue weighted by molar-refractivity contribution is 7.91. The van der Waals surface area contributed by atoms with Gasteiger partial charge in [0.05, 0.1) is 18.3 Å². The van der Waals surface area contributed by atoms with Crippen molar-refractivity contribution in [2.75, 3.05) is 0 Å². The van der Waals surface area contributed by atoms with Crippen LogP contribution in [-0.4, -0.2) is 29.4 Å². The highest BCUT2D eigenvalue weighted by Crippen LogP contribution is 2.39. The van der Waals surface area contributed by atoms with Crippen LogP contribution in [0, 0.1) is 5.92 Å². The summed E-state index contributed by atoms with van der Waals surface area (Å²) in [6, 6.07) is 3.15. The fourth-order valence-electron chi connectivity index (χ4n) is 2.86. The van der Waals surface area contributed by atoms with E-state index in [9.17, 15) is 13.5 Å². The van der Waals surface area contributed by atoms with Crippen molar-refractivity contribution in [2.45, 2.75) is 42.5 Å². The maximum Gasteiger partial charge on any atom is 0.250 e. The Labute approximate surface area is 140 Å². The zero-order chi connectivity index (χ0) is 16.6. The topological polar surface area (TPSA) is 84.2 Å². The average molecular weight is 355 g/mol. The van der Waals surface area contributed by atoms with Crippen LogP contribution in [0.1, 0.15) is 36.2 Å². The van der Waals surface area contributed by atoms with Gasteiger partial charge in [-0.05, 0) is 37.3 Å². The molecule has 0 saturated heterocycles. The summed E-state index contributed by atoms with van der Waals surface area (Å²) >= 11 is 1.30. The Kier molecular flexibility index (Phi) is 4.59. The van der Waals surface area contributed by atoms with Crippen molar-refractivity contribution in [3.8, 4) is 0 Å². The van der Waals surface area contributed by atoms with Crippen LogP contribution in [0.4, 0.5) is 0 Å². The minimum absolute atomic E-state index is 0.0922. The number of nitrogens with zero attached hydrogens (tertiary/aromatic N) is 2. The first kappa shape index (κ1) is 16.6. The van der Waals surface area contributed by atoms with Crippen LogP contribution in [0.3, 0.4) is 0 Å². The quantitative estimate of drug-likeness (QED) is 0.828. The first-order valence-electron chi connectivity index (χ1n) is 7.66. The minimum atomic E-state index is -3.58. The molecule has 0 amide bonds. The van der Waals surface area contributed by atoms with Crippen molar-refractivity contribution in [3.63, 3.8) is 0 Å². The Morgan fingerprint density at radius 2 is 2.22 bits per heavy atom. The van der Waals surface area contributed by atoms with Crippen molar-refractivity contribution in [2.24, 2.45) is 13.0 Å². The molecule has 2 heterocycles. The first-order chi connectivity index (χ1) is 10.9. The number of hydrogen-bond donors (Lipinski definition) is 2. The summed E-state index contributed by atoms with van der Waals surface area (Å²) in [6.07, 6.45) is 5.20. The van der Waals surface area contributed by atoms with Crippen molar-refractivity contribution < 1.29 is 13.5 Å². The van der Waals surface area contributed by atoms with E-state index in [0.29, 0.717) is 17.1 Å². The predicted molar refractivity (Wildman–Crippen MR) is 88.7 cm³/mol. The first-order valence-corrected chi connectivity index (χ1v) is 9.96. The fraction of sp³-hybridized carbons (Fsp3) is 0.533. The number of thiophene rings is 1. The molecule has 23 heavy (non-hydrogen) atoms. The second-order valence-electron chi connectivity index (χ2n) is 6.01. The van der Waals surface area contributed by atoms with E-state index in [-0.39, 0.29) is 18.1 Å². The van der Waals surface area contributed by atoms with Gasteiger partial charge in [-0.25, -0.2) is 13.1 Å². The lowest BCUT2D eigenvalue weighted by molar-refractivity contribution is 0.0280. The van der Waals surface area contributed by atoms with Crippen LogP contribution in [-0.2, 0) is 23.5 Å². The molecular weight excluding hydrogens is 334 g/mol. The predicted octanol–water partition coefficient (Wildman–Crippen LogP) is 1.83. The van der Waals surface area contributed by atoms with Gasteiger partial charge in [-0.2, -0.15) is 5.10 Å². The molecular formula is C15H21N3O3S2. The minimum Gasteiger partial charge on any atom is -0.393 e. The summed E-state index contributed by atoms with van der Waals surface area (Å²) in [5.74, 6) is 0.0922. The number of nitrogens with one attached hydrogen (secondary N) is 1. The van der Waals surface area contributed by atoms with Gasteiger partial charge in [-0.15, -0.1) is 11.3 Å². The average Bonchev–Trinajstić information content (AvgIpc) is 3.10. The zero-order valence-corrected chi connectivity index (χ0v) is 14.8.